The minimum atomic E-state index is 1.42. The normalized spacial score (nSPS) is 8.71. The Morgan fingerprint density at radius 2 is 2.14 bits per heavy atom. The Bertz CT molecular complexity index is 97.1. The van der Waals surface area contributed by atoms with Gasteiger partial charge >= 0.3 is 0 Å². The van der Waals surface area contributed by atoms with Crippen molar-refractivity contribution >= 4 is 0 Å². The molecular weight excluding hydrogens is 88.1 g/mol. The van der Waals surface area contributed by atoms with Crippen molar-refractivity contribution in [2.45, 2.75) is 0 Å². The molecule has 0 unspecified atom stereocenters. The second kappa shape index (κ2) is 3.23. The fraction of sp³-hybridized carbons (Fsp3) is 0.400. The molecule has 0 saturated carbocycles. The maximum Gasteiger partial charge on any atom is 0.169 e. The highest BCUT2D eigenvalue weighted by atomic mass is 15.0. The lowest BCUT2D eigenvalue weighted by Gasteiger charge is -1.99. The summed E-state index contributed by atoms with van der Waals surface area (Å²) in [6.45, 7) is 6.31. The van der Waals surface area contributed by atoms with Crippen LogP contribution < -0.4 is 0 Å². The van der Waals surface area contributed by atoms with Crippen LogP contribution in [0.3, 0.4) is 0 Å². The monoisotopic (exact) mass is 96.1 g/mol. The molecule has 0 N–H and O–H groups in total. The molecule has 0 atom stereocenters. The molecule has 0 aliphatic heterocycles. The molecule has 2 nitrogen and oxygen atoms in total. The van der Waals surface area contributed by atoms with Crippen LogP contribution in [0.25, 0.3) is 4.85 Å². The second-order valence-corrected chi connectivity index (χ2v) is 1.39. The van der Waals surface area contributed by atoms with Crippen molar-refractivity contribution in [2.24, 2.45) is 0 Å². The Morgan fingerprint density at radius 3 is 2.29 bits per heavy atom. The van der Waals surface area contributed by atoms with E-state index in [2.05, 4.69) is 4.85 Å². The van der Waals surface area contributed by atoms with Crippen molar-refractivity contribution < 1.29 is 0 Å². The summed E-state index contributed by atoms with van der Waals surface area (Å²) in [5.41, 5.74) is 0. The first-order chi connectivity index (χ1) is 3.27. The molecule has 7 heavy (non-hydrogen) atoms. The van der Waals surface area contributed by atoms with Crippen molar-refractivity contribution in [1.29, 1.82) is 0 Å². The van der Waals surface area contributed by atoms with E-state index >= 15 is 0 Å². The van der Waals surface area contributed by atoms with Gasteiger partial charge in [-0.15, -0.1) is 0 Å². The van der Waals surface area contributed by atoms with Crippen molar-refractivity contribution in [3.8, 4) is 0 Å². The third kappa shape index (κ3) is 5.03. The lowest BCUT2D eigenvalue weighted by atomic mass is 10.8. The zero-order valence-corrected chi connectivity index (χ0v) is 4.55. The minimum Gasteiger partial charge on any atom is -0.393 e. The topological polar surface area (TPSA) is 7.60 Å². The second-order valence-electron chi connectivity index (χ2n) is 1.39. The van der Waals surface area contributed by atoms with Gasteiger partial charge in [0.05, 0.1) is 6.57 Å². The van der Waals surface area contributed by atoms with Gasteiger partial charge in [-0.25, -0.2) is 4.85 Å². The summed E-state index contributed by atoms with van der Waals surface area (Å²) in [6.07, 6.45) is 3.12. The zero-order valence-electron chi connectivity index (χ0n) is 4.55. The van der Waals surface area contributed by atoms with E-state index in [0.717, 1.165) is 0 Å². The van der Waals surface area contributed by atoms with Crippen LogP contribution >= 0.6 is 0 Å². The van der Waals surface area contributed by atoms with Crippen LogP contribution in [0.4, 0.5) is 0 Å². The molecular formula is C5H8N2. The van der Waals surface area contributed by atoms with E-state index in [0.29, 0.717) is 0 Å². The molecule has 0 fully saturated rings. The average molecular weight is 96.1 g/mol. The highest BCUT2D eigenvalue weighted by Gasteiger charge is 1.68. The summed E-state index contributed by atoms with van der Waals surface area (Å²) in [5, 5.41) is 0. The first-order valence-electron chi connectivity index (χ1n) is 1.97. The summed E-state index contributed by atoms with van der Waals surface area (Å²) in [5.74, 6) is 0. The Balaban J connectivity index is 3.31. The molecule has 0 aromatic heterocycles. The van der Waals surface area contributed by atoms with E-state index in [-0.39, 0.29) is 0 Å². The molecule has 0 aliphatic rings. The van der Waals surface area contributed by atoms with E-state index in [9.17, 15) is 0 Å². The number of hydrogen-bond acceptors (Lipinski definition) is 1. The van der Waals surface area contributed by atoms with E-state index in [4.69, 9.17) is 6.57 Å². The van der Waals surface area contributed by atoms with Crippen LogP contribution in [0.15, 0.2) is 12.4 Å². The first-order valence-corrected chi connectivity index (χ1v) is 1.97. The van der Waals surface area contributed by atoms with Crippen molar-refractivity contribution in [2.75, 3.05) is 14.1 Å². The Hall–Kier alpha value is -0.970. The molecule has 0 amide bonds. The molecule has 0 heterocycles. The predicted molar refractivity (Wildman–Crippen MR) is 29.4 cm³/mol. The third-order valence-corrected chi connectivity index (χ3v) is 0.439. The largest absolute Gasteiger partial charge is 0.393 e. The van der Waals surface area contributed by atoms with Crippen molar-refractivity contribution in [3.05, 3.63) is 23.8 Å². The summed E-state index contributed by atoms with van der Waals surface area (Å²) < 4.78 is 0. The highest BCUT2D eigenvalue weighted by Crippen LogP contribution is 1.75. The average Bonchev–Trinajstić information content (AvgIpc) is 1.61. The summed E-state index contributed by atoms with van der Waals surface area (Å²) in [7, 11) is 3.75. The van der Waals surface area contributed by atoms with Gasteiger partial charge in [-0.05, 0) is 6.20 Å². The van der Waals surface area contributed by atoms with Gasteiger partial charge < -0.3 is 4.90 Å². The highest BCUT2D eigenvalue weighted by molar-refractivity contribution is 4.86. The molecule has 0 aromatic carbocycles. The third-order valence-electron chi connectivity index (χ3n) is 0.439. The van der Waals surface area contributed by atoms with E-state index < -0.39 is 0 Å². The van der Waals surface area contributed by atoms with Gasteiger partial charge in [0.2, 0.25) is 0 Å². The SMILES string of the molecule is [C-]#[N+]/C=C/N(C)C. The van der Waals surface area contributed by atoms with Crippen LogP contribution in [-0.2, 0) is 0 Å². The Morgan fingerprint density at radius 1 is 1.57 bits per heavy atom. The Labute approximate surface area is 43.9 Å². The summed E-state index contributed by atoms with van der Waals surface area (Å²) in [6, 6.07) is 0. The van der Waals surface area contributed by atoms with Crippen molar-refractivity contribution in [1.82, 2.24) is 4.90 Å². The molecule has 0 aliphatic carbocycles. The fourth-order valence-corrected chi connectivity index (χ4v) is 0.167. The molecule has 2 heteroatoms. The van der Waals surface area contributed by atoms with E-state index in [1.165, 1.54) is 6.20 Å². The summed E-state index contributed by atoms with van der Waals surface area (Å²) in [4.78, 5) is 4.82. The van der Waals surface area contributed by atoms with Gasteiger partial charge in [0, 0.05) is 14.1 Å². The quantitative estimate of drug-likeness (QED) is 0.441. The van der Waals surface area contributed by atoms with Gasteiger partial charge in [0.25, 0.3) is 0 Å². The van der Waals surface area contributed by atoms with Crippen LogP contribution in [0, 0.1) is 6.57 Å². The number of hydrogen-bond donors (Lipinski definition) is 0. The van der Waals surface area contributed by atoms with Crippen LogP contribution in [0.5, 0.6) is 0 Å². The molecule has 0 radical (unpaired) electrons. The molecule has 0 saturated heterocycles. The number of nitrogens with zero attached hydrogens (tertiary/aromatic N) is 2. The van der Waals surface area contributed by atoms with Crippen LogP contribution in [-0.4, -0.2) is 19.0 Å². The van der Waals surface area contributed by atoms with Gasteiger partial charge in [0.15, 0.2) is 6.20 Å². The zero-order chi connectivity index (χ0) is 5.70. The van der Waals surface area contributed by atoms with E-state index in [1.807, 2.05) is 19.0 Å². The van der Waals surface area contributed by atoms with E-state index in [1.54, 1.807) is 6.20 Å². The van der Waals surface area contributed by atoms with Gasteiger partial charge in [0.1, 0.15) is 0 Å². The molecule has 0 spiro atoms. The van der Waals surface area contributed by atoms with Gasteiger partial charge in [-0.2, -0.15) is 0 Å². The fourth-order valence-electron chi connectivity index (χ4n) is 0.167. The lowest BCUT2D eigenvalue weighted by molar-refractivity contribution is 0.564. The van der Waals surface area contributed by atoms with Crippen LogP contribution in [0.2, 0.25) is 0 Å². The smallest absolute Gasteiger partial charge is 0.169 e. The summed E-state index contributed by atoms with van der Waals surface area (Å²) >= 11 is 0. The molecule has 0 aromatic rings. The molecule has 38 valence electrons. The van der Waals surface area contributed by atoms with Crippen molar-refractivity contribution in [3.63, 3.8) is 0 Å². The lowest BCUT2D eigenvalue weighted by Crippen LogP contribution is -1.98. The standard InChI is InChI=1S/C5H8N2/c1-6-4-5-7(2)3/h4-5H,2-3H3/b5-4+. The van der Waals surface area contributed by atoms with Gasteiger partial charge in [-0.1, -0.05) is 0 Å². The molecule has 0 bridgehead atoms. The maximum atomic E-state index is 6.31. The number of rotatable bonds is 1. The van der Waals surface area contributed by atoms with Crippen LogP contribution in [0.1, 0.15) is 0 Å². The Kier molecular flexibility index (Phi) is 2.78. The van der Waals surface area contributed by atoms with Gasteiger partial charge in [-0.3, -0.25) is 0 Å². The minimum absolute atomic E-state index is 1.42. The maximum absolute atomic E-state index is 6.31. The first kappa shape index (κ1) is 6.03. The molecule has 0 rings (SSSR count). The predicted octanol–water partition coefficient (Wildman–Crippen LogP) is 0.938.